The number of amides is 1. The van der Waals surface area contributed by atoms with Crippen LogP contribution < -0.4 is 15.0 Å². The number of benzene rings is 2. The van der Waals surface area contributed by atoms with Crippen molar-refractivity contribution in [1.82, 2.24) is 0 Å². The lowest BCUT2D eigenvalue weighted by atomic mass is 9.79. The Morgan fingerprint density at radius 3 is 2.68 bits per heavy atom. The molecule has 3 rings (SSSR count). The third-order valence-corrected chi connectivity index (χ3v) is 6.11. The molecule has 2 aromatic rings. The van der Waals surface area contributed by atoms with E-state index in [1.807, 2.05) is 43.3 Å². The van der Waals surface area contributed by atoms with Gasteiger partial charge in [0.2, 0.25) is 0 Å². The lowest BCUT2D eigenvalue weighted by Crippen LogP contribution is -2.48. The van der Waals surface area contributed by atoms with Gasteiger partial charge in [-0.05, 0) is 69.4 Å². The molecule has 2 aromatic carbocycles. The number of nitrogens with one attached hydrogen (secondary N) is 1. The van der Waals surface area contributed by atoms with E-state index in [4.69, 9.17) is 4.74 Å². The highest BCUT2D eigenvalue weighted by molar-refractivity contribution is 6.10. The summed E-state index contributed by atoms with van der Waals surface area (Å²) in [7, 11) is 1.62. The van der Waals surface area contributed by atoms with E-state index in [1.165, 1.54) is 5.56 Å². The van der Waals surface area contributed by atoms with E-state index < -0.39 is 5.91 Å². The van der Waals surface area contributed by atoms with E-state index in [0.717, 1.165) is 29.8 Å². The van der Waals surface area contributed by atoms with E-state index in [0.29, 0.717) is 17.4 Å². The van der Waals surface area contributed by atoms with Crippen LogP contribution in [-0.2, 0) is 4.79 Å². The molecule has 1 atom stereocenters. The normalized spacial score (nSPS) is 17.5. The van der Waals surface area contributed by atoms with Crippen LogP contribution in [0.4, 0.5) is 11.4 Å². The molecule has 0 aromatic heterocycles. The van der Waals surface area contributed by atoms with Crippen LogP contribution in [0, 0.1) is 18.3 Å². The largest absolute Gasteiger partial charge is 0.496 e. The summed E-state index contributed by atoms with van der Waals surface area (Å²) in [6.45, 7) is 11.7. The molecular weight excluding hydrogens is 386 g/mol. The minimum Gasteiger partial charge on any atom is -0.496 e. The minimum atomic E-state index is -0.430. The van der Waals surface area contributed by atoms with E-state index in [-0.39, 0.29) is 11.1 Å². The van der Waals surface area contributed by atoms with Gasteiger partial charge in [-0.3, -0.25) is 4.79 Å². The SMILES string of the molecule is CCN1c2cc(OC)c(/C=C(\C#N)C(=O)Nc3ccccc3C)cc2C(C)CC1(C)C. The first kappa shape index (κ1) is 22.4. The summed E-state index contributed by atoms with van der Waals surface area (Å²) in [5, 5.41) is 12.5. The molecule has 1 heterocycles. The van der Waals surface area contributed by atoms with Crippen LogP contribution in [0.15, 0.2) is 42.0 Å². The number of nitriles is 1. The van der Waals surface area contributed by atoms with Gasteiger partial charge in [-0.2, -0.15) is 5.26 Å². The van der Waals surface area contributed by atoms with Crippen LogP contribution in [0.1, 0.15) is 56.7 Å². The molecule has 1 aliphatic rings. The molecule has 1 N–H and O–H groups in total. The van der Waals surface area contributed by atoms with Gasteiger partial charge in [0.05, 0.1) is 7.11 Å². The second-order valence-electron chi connectivity index (χ2n) is 8.75. The maximum Gasteiger partial charge on any atom is 0.266 e. The molecule has 0 aliphatic carbocycles. The molecule has 1 aliphatic heterocycles. The van der Waals surface area contributed by atoms with Crippen molar-refractivity contribution in [3.63, 3.8) is 0 Å². The number of ether oxygens (including phenoxy) is 1. The van der Waals surface area contributed by atoms with Crippen LogP contribution in [0.2, 0.25) is 0 Å². The molecule has 0 spiro atoms. The molecule has 1 unspecified atom stereocenters. The standard InChI is InChI=1S/C26H31N3O2/c1-7-29-23-14-24(31-6)19(13-21(23)18(3)15-26(29,4)5)12-20(16-27)25(30)28-22-11-9-8-10-17(22)2/h8-14,18H,7,15H2,1-6H3,(H,28,30)/b20-12+. The molecule has 5 heteroatoms. The average Bonchev–Trinajstić information content (AvgIpc) is 2.72. The van der Waals surface area contributed by atoms with Crippen LogP contribution in [0.3, 0.4) is 0 Å². The first-order chi connectivity index (χ1) is 14.7. The Morgan fingerprint density at radius 1 is 1.35 bits per heavy atom. The Labute approximate surface area is 185 Å². The van der Waals surface area contributed by atoms with Crippen molar-refractivity contribution < 1.29 is 9.53 Å². The summed E-state index contributed by atoms with van der Waals surface area (Å²) in [6, 6.07) is 13.7. The Kier molecular flexibility index (Phi) is 6.40. The van der Waals surface area contributed by atoms with E-state index >= 15 is 0 Å². The van der Waals surface area contributed by atoms with Crippen molar-refractivity contribution in [2.75, 3.05) is 23.9 Å². The smallest absolute Gasteiger partial charge is 0.266 e. The van der Waals surface area contributed by atoms with Gasteiger partial charge in [0.25, 0.3) is 5.91 Å². The van der Waals surface area contributed by atoms with E-state index in [9.17, 15) is 10.1 Å². The van der Waals surface area contributed by atoms with Crippen LogP contribution in [0.25, 0.3) is 6.08 Å². The van der Waals surface area contributed by atoms with Gasteiger partial charge in [-0.1, -0.05) is 25.1 Å². The molecule has 0 saturated heterocycles. The monoisotopic (exact) mass is 417 g/mol. The number of rotatable bonds is 5. The van der Waals surface area contributed by atoms with Gasteiger partial charge in [-0.25, -0.2) is 0 Å². The number of methoxy groups -OCH3 is 1. The lowest BCUT2D eigenvalue weighted by Gasteiger charge is -2.47. The number of hydrogen-bond acceptors (Lipinski definition) is 4. The van der Waals surface area contributed by atoms with Gasteiger partial charge < -0.3 is 15.0 Å². The predicted molar refractivity (Wildman–Crippen MR) is 127 cm³/mol. The predicted octanol–water partition coefficient (Wildman–Crippen LogP) is 5.66. The quantitative estimate of drug-likeness (QED) is 0.503. The fourth-order valence-electron chi connectivity index (χ4n) is 4.62. The molecule has 162 valence electrons. The topological polar surface area (TPSA) is 65.4 Å². The van der Waals surface area contributed by atoms with Crippen LogP contribution in [-0.4, -0.2) is 25.1 Å². The first-order valence-electron chi connectivity index (χ1n) is 10.7. The average molecular weight is 418 g/mol. The summed E-state index contributed by atoms with van der Waals surface area (Å²) in [5.41, 5.74) is 4.83. The fourth-order valence-corrected chi connectivity index (χ4v) is 4.62. The van der Waals surface area contributed by atoms with Gasteiger partial charge in [-0.15, -0.1) is 0 Å². The summed E-state index contributed by atoms with van der Waals surface area (Å²) >= 11 is 0. The molecule has 0 fully saturated rings. The molecule has 31 heavy (non-hydrogen) atoms. The van der Waals surface area contributed by atoms with Crippen molar-refractivity contribution in [2.45, 2.75) is 52.5 Å². The zero-order chi connectivity index (χ0) is 22.8. The van der Waals surface area contributed by atoms with E-state index in [2.05, 4.69) is 44.0 Å². The van der Waals surface area contributed by atoms with E-state index in [1.54, 1.807) is 13.2 Å². The third-order valence-electron chi connectivity index (χ3n) is 6.11. The van der Waals surface area contributed by atoms with Crippen molar-refractivity contribution in [3.8, 4) is 11.8 Å². The van der Waals surface area contributed by atoms with Crippen LogP contribution in [0.5, 0.6) is 5.75 Å². The Bertz CT molecular complexity index is 1060. The minimum absolute atomic E-state index is 0.0395. The highest BCUT2D eigenvalue weighted by Gasteiger charge is 2.36. The number of nitrogens with zero attached hydrogens (tertiary/aromatic N) is 2. The first-order valence-corrected chi connectivity index (χ1v) is 10.7. The fraction of sp³-hybridized carbons (Fsp3) is 0.385. The number of hydrogen-bond donors (Lipinski definition) is 1. The summed E-state index contributed by atoms with van der Waals surface area (Å²) in [6.07, 6.45) is 2.65. The van der Waals surface area contributed by atoms with Crippen molar-refractivity contribution in [3.05, 3.63) is 58.7 Å². The maximum absolute atomic E-state index is 12.8. The second-order valence-corrected chi connectivity index (χ2v) is 8.75. The molecule has 1 amide bonds. The highest BCUT2D eigenvalue weighted by atomic mass is 16.5. The zero-order valence-electron chi connectivity index (χ0n) is 19.2. The summed E-state index contributed by atoms with van der Waals surface area (Å²) < 4.78 is 5.66. The van der Waals surface area contributed by atoms with Gasteiger partial charge in [0, 0.05) is 35.1 Å². The second kappa shape index (κ2) is 8.85. The number of para-hydroxylation sites is 1. The molecular formula is C26H31N3O2. The Morgan fingerprint density at radius 2 is 2.06 bits per heavy atom. The number of carbonyl (C=O) groups is 1. The number of anilines is 2. The van der Waals surface area contributed by atoms with Crippen LogP contribution >= 0.6 is 0 Å². The number of carbonyl (C=O) groups excluding carboxylic acids is 1. The highest BCUT2D eigenvalue weighted by Crippen LogP contribution is 2.45. The Hall–Kier alpha value is -3.26. The van der Waals surface area contributed by atoms with Gasteiger partial charge >= 0.3 is 0 Å². The summed E-state index contributed by atoms with van der Waals surface area (Å²) in [5.74, 6) is 0.580. The Balaban J connectivity index is 2.03. The molecule has 0 bridgehead atoms. The van der Waals surface area contributed by atoms with Crippen molar-refractivity contribution in [1.29, 1.82) is 5.26 Å². The third kappa shape index (κ3) is 4.44. The summed E-state index contributed by atoms with van der Waals surface area (Å²) in [4.78, 5) is 15.2. The lowest BCUT2D eigenvalue weighted by molar-refractivity contribution is -0.112. The molecule has 0 radical (unpaired) electrons. The zero-order valence-corrected chi connectivity index (χ0v) is 19.2. The van der Waals surface area contributed by atoms with Gasteiger partial charge in [0.15, 0.2) is 0 Å². The number of aryl methyl sites for hydroxylation is 1. The van der Waals surface area contributed by atoms with Crippen molar-refractivity contribution >= 4 is 23.4 Å². The van der Waals surface area contributed by atoms with Gasteiger partial charge in [0.1, 0.15) is 17.4 Å². The molecule has 0 saturated carbocycles. The molecule has 5 nitrogen and oxygen atoms in total. The maximum atomic E-state index is 12.8. The van der Waals surface area contributed by atoms with Crippen molar-refractivity contribution in [2.24, 2.45) is 0 Å². The number of fused-ring (bicyclic) bond motifs is 1.